The lowest BCUT2D eigenvalue weighted by molar-refractivity contribution is -0.116. The SMILES string of the molecule is CCCCC(=O)Nc1ccc(NC(=O)Cc2ccccc2)cc1OC. The third-order valence-corrected chi connectivity index (χ3v) is 3.72. The molecule has 0 aliphatic rings. The average molecular weight is 340 g/mol. The zero-order valence-electron chi connectivity index (χ0n) is 14.7. The maximum atomic E-state index is 12.1. The fourth-order valence-electron chi connectivity index (χ4n) is 2.41. The maximum absolute atomic E-state index is 12.1. The summed E-state index contributed by atoms with van der Waals surface area (Å²) >= 11 is 0. The molecule has 2 N–H and O–H groups in total. The Hall–Kier alpha value is -2.82. The number of carbonyl (C=O) groups is 2. The van der Waals surface area contributed by atoms with Gasteiger partial charge in [-0.15, -0.1) is 0 Å². The largest absolute Gasteiger partial charge is 0.494 e. The molecule has 0 saturated carbocycles. The molecular formula is C20H24N2O3. The van der Waals surface area contributed by atoms with E-state index in [-0.39, 0.29) is 11.8 Å². The second kappa shape index (κ2) is 9.47. The van der Waals surface area contributed by atoms with Crippen molar-refractivity contribution in [3.63, 3.8) is 0 Å². The Kier molecular flexibility index (Phi) is 7.01. The number of nitrogens with one attached hydrogen (secondary N) is 2. The van der Waals surface area contributed by atoms with Crippen LogP contribution in [0, 0.1) is 0 Å². The van der Waals surface area contributed by atoms with E-state index in [9.17, 15) is 9.59 Å². The molecule has 2 aromatic rings. The third kappa shape index (κ3) is 5.95. The van der Waals surface area contributed by atoms with Crippen molar-refractivity contribution in [1.82, 2.24) is 0 Å². The number of ether oxygens (including phenoxy) is 1. The standard InChI is InChI=1S/C20H24N2O3/c1-3-4-10-19(23)22-17-12-11-16(14-18(17)25-2)21-20(24)13-15-8-6-5-7-9-15/h5-9,11-12,14H,3-4,10,13H2,1-2H3,(H,21,24)(H,22,23). The van der Waals surface area contributed by atoms with Crippen LogP contribution < -0.4 is 15.4 Å². The van der Waals surface area contributed by atoms with Crippen LogP contribution in [-0.4, -0.2) is 18.9 Å². The van der Waals surface area contributed by atoms with E-state index in [1.807, 2.05) is 37.3 Å². The number of rotatable bonds is 8. The van der Waals surface area contributed by atoms with E-state index in [1.165, 1.54) is 7.11 Å². The molecule has 0 atom stereocenters. The van der Waals surface area contributed by atoms with Crippen LogP contribution in [0.1, 0.15) is 31.7 Å². The molecule has 0 radical (unpaired) electrons. The normalized spacial score (nSPS) is 10.2. The minimum atomic E-state index is -0.104. The van der Waals surface area contributed by atoms with E-state index in [0.717, 1.165) is 18.4 Å². The lowest BCUT2D eigenvalue weighted by Crippen LogP contribution is -2.15. The van der Waals surface area contributed by atoms with Gasteiger partial charge in [0.25, 0.3) is 0 Å². The average Bonchev–Trinajstić information content (AvgIpc) is 2.62. The molecule has 2 aromatic carbocycles. The molecule has 0 aromatic heterocycles. The lowest BCUT2D eigenvalue weighted by Gasteiger charge is -2.12. The number of benzene rings is 2. The Labute approximate surface area is 148 Å². The van der Waals surface area contributed by atoms with Crippen molar-refractivity contribution in [3.05, 3.63) is 54.1 Å². The molecule has 0 saturated heterocycles. The van der Waals surface area contributed by atoms with Crippen LogP contribution in [0.25, 0.3) is 0 Å². The van der Waals surface area contributed by atoms with Crippen LogP contribution in [0.4, 0.5) is 11.4 Å². The van der Waals surface area contributed by atoms with Crippen molar-refractivity contribution in [1.29, 1.82) is 0 Å². The first-order valence-corrected chi connectivity index (χ1v) is 8.44. The molecule has 0 fully saturated rings. The highest BCUT2D eigenvalue weighted by atomic mass is 16.5. The van der Waals surface area contributed by atoms with Crippen molar-refractivity contribution in [2.45, 2.75) is 32.6 Å². The van der Waals surface area contributed by atoms with Crippen molar-refractivity contribution in [2.24, 2.45) is 0 Å². The number of amides is 2. The molecule has 5 heteroatoms. The molecular weight excluding hydrogens is 316 g/mol. The molecule has 132 valence electrons. The fraction of sp³-hybridized carbons (Fsp3) is 0.300. The van der Waals surface area contributed by atoms with Crippen molar-refractivity contribution >= 4 is 23.2 Å². The van der Waals surface area contributed by atoms with Gasteiger partial charge in [-0.05, 0) is 24.1 Å². The monoisotopic (exact) mass is 340 g/mol. The Morgan fingerprint density at radius 1 is 1.00 bits per heavy atom. The highest BCUT2D eigenvalue weighted by Crippen LogP contribution is 2.28. The smallest absolute Gasteiger partial charge is 0.228 e. The number of methoxy groups -OCH3 is 1. The second-order valence-corrected chi connectivity index (χ2v) is 5.78. The highest BCUT2D eigenvalue weighted by Gasteiger charge is 2.10. The van der Waals surface area contributed by atoms with Gasteiger partial charge in [-0.2, -0.15) is 0 Å². The molecule has 25 heavy (non-hydrogen) atoms. The van der Waals surface area contributed by atoms with Crippen LogP contribution in [0.5, 0.6) is 5.75 Å². The third-order valence-electron chi connectivity index (χ3n) is 3.72. The Balaban J connectivity index is 2.00. The van der Waals surface area contributed by atoms with E-state index in [2.05, 4.69) is 10.6 Å². The highest BCUT2D eigenvalue weighted by molar-refractivity contribution is 5.95. The molecule has 0 spiro atoms. The summed E-state index contributed by atoms with van der Waals surface area (Å²) in [6, 6.07) is 14.7. The molecule has 2 rings (SSSR count). The van der Waals surface area contributed by atoms with Crippen molar-refractivity contribution < 1.29 is 14.3 Å². The topological polar surface area (TPSA) is 67.4 Å². The van der Waals surface area contributed by atoms with Crippen LogP contribution in [-0.2, 0) is 16.0 Å². The molecule has 0 bridgehead atoms. The van der Waals surface area contributed by atoms with Gasteiger partial charge >= 0.3 is 0 Å². The quantitative estimate of drug-likeness (QED) is 0.763. The summed E-state index contributed by atoms with van der Waals surface area (Å²) in [6.45, 7) is 2.04. The summed E-state index contributed by atoms with van der Waals surface area (Å²) < 4.78 is 5.33. The minimum Gasteiger partial charge on any atom is -0.494 e. The summed E-state index contributed by atoms with van der Waals surface area (Å²) in [7, 11) is 1.53. The molecule has 0 unspecified atom stereocenters. The molecule has 0 heterocycles. The maximum Gasteiger partial charge on any atom is 0.228 e. The van der Waals surface area contributed by atoms with Crippen molar-refractivity contribution in [2.75, 3.05) is 17.7 Å². The predicted octanol–water partition coefficient (Wildman–Crippen LogP) is 4.01. The molecule has 2 amide bonds. The zero-order valence-corrected chi connectivity index (χ0v) is 14.7. The zero-order chi connectivity index (χ0) is 18.1. The summed E-state index contributed by atoms with van der Waals surface area (Å²) in [5.41, 5.74) is 2.18. The molecule has 0 aliphatic carbocycles. The Morgan fingerprint density at radius 3 is 2.44 bits per heavy atom. The van der Waals surface area contributed by atoms with Gasteiger partial charge in [0, 0.05) is 18.2 Å². The van der Waals surface area contributed by atoms with E-state index in [1.54, 1.807) is 18.2 Å². The number of hydrogen-bond donors (Lipinski definition) is 2. The van der Waals surface area contributed by atoms with Gasteiger partial charge in [0.2, 0.25) is 11.8 Å². The van der Waals surface area contributed by atoms with E-state index in [4.69, 9.17) is 4.74 Å². The van der Waals surface area contributed by atoms with Gasteiger partial charge in [0.05, 0.1) is 19.2 Å². The summed E-state index contributed by atoms with van der Waals surface area (Å²) in [4.78, 5) is 24.0. The van der Waals surface area contributed by atoms with Gasteiger partial charge < -0.3 is 15.4 Å². The van der Waals surface area contributed by atoms with E-state index in [0.29, 0.717) is 30.0 Å². The summed E-state index contributed by atoms with van der Waals surface area (Å²) in [5, 5.41) is 5.69. The predicted molar refractivity (Wildman–Crippen MR) is 99.9 cm³/mol. The second-order valence-electron chi connectivity index (χ2n) is 5.78. The van der Waals surface area contributed by atoms with Crippen LogP contribution in [0.15, 0.2) is 48.5 Å². The van der Waals surface area contributed by atoms with Crippen molar-refractivity contribution in [3.8, 4) is 5.75 Å². The minimum absolute atomic E-state index is 0.0407. The Bertz CT molecular complexity index is 714. The van der Waals surface area contributed by atoms with Crippen LogP contribution in [0.3, 0.4) is 0 Å². The summed E-state index contributed by atoms with van der Waals surface area (Å²) in [5.74, 6) is 0.372. The first-order valence-electron chi connectivity index (χ1n) is 8.44. The lowest BCUT2D eigenvalue weighted by atomic mass is 10.1. The van der Waals surface area contributed by atoms with E-state index < -0.39 is 0 Å². The van der Waals surface area contributed by atoms with Crippen LogP contribution in [0.2, 0.25) is 0 Å². The van der Waals surface area contributed by atoms with Gasteiger partial charge in [-0.25, -0.2) is 0 Å². The number of hydrogen-bond acceptors (Lipinski definition) is 3. The number of carbonyl (C=O) groups excluding carboxylic acids is 2. The molecule has 0 aliphatic heterocycles. The Morgan fingerprint density at radius 2 is 1.76 bits per heavy atom. The van der Waals surface area contributed by atoms with Gasteiger partial charge in [0.15, 0.2) is 0 Å². The molecule has 5 nitrogen and oxygen atoms in total. The van der Waals surface area contributed by atoms with E-state index >= 15 is 0 Å². The first kappa shape index (κ1) is 18.5. The fourth-order valence-corrected chi connectivity index (χ4v) is 2.41. The first-order chi connectivity index (χ1) is 12.1. The summed E-state index contributed by atoms with van der Waals surface area (Å²) in [6.07, 6.45) is 2.60. The van der Waals surface area contributed by atoms with Gasteiger partial charge in [-0.3, -0.25) is 9.59 Å². The number of unbranched alkanes of at least 4 members (excludes halogenated alkanes) is 1. The van der Waals surface area contributed by atoms with Gasteiger partial charge in [0.1, 0.15) is 5.75 Å². The van der Waals surface area contributed by atoms with Crippen LogP contribution >= 0.6 is 0 Å². The van der Waals surface area contributed by atoms with Gasteiger partial charge in [-0.1, -0.05) is 43.7 Å². The number of anilines is 2.